The van der Waals surface area contributed by atoms with E-state index in [0.717, 1.165) is 43.2 Å². The maximum absolute atomic E-state index is 14.3. The van der Waals surface area contributed by atoms with E-state index in [1.54, 1.807) is 25.7 Å². The van der Waals surface area contributed by atoms with Gasteiger partial charge < -0.3 is 20.3 Å². The lowest BCUT2D eigenvalue weighted by molar-refractivity contribution is -0.143. The maximum Gasteiger partial charge on any atom is 0.408 e. The van der Waals surface area contributed by atoms with Gasteiger partial charge in [-0.25, -0.2) is 4.79 Å². The van der Waals surface area contributed by atoms with Crippen LogP contribution in [0.5, 0.6) is 0 Å². The highest BCUT2D eigenvalue weighted by molar-refractivity contribution is 5.92. The van der Waals surface area contributed by atoms with Crippen molar-refractivity contribution in [2.75, 3.05) is 6.54 Å². The van der Waals surface area contributed by atoms with E-state index in [4.69, 9.17) is 4.74 Å². The molecule has 228 valence electrons. The molecule has 0 fully saturated rings. The van der Waals surface area contributed by atoms with Crippen molar-refractivity contribution in [3.05, 3.63) is 35.4 Å². The predicted octanol–water partition coefficient (Wildman–Crippen LogP) is 7.33. The van der Waals surface area contributed by atoms with Gasteiger partial charge in [0.2, 0.25) is 11.8 Å². The highest BCUT2D eigenvalue weighted by Crippen LogP contribution is 2.26. The standard InChI is InChI=1S/C33H57N3O4/c1-11-13-14-15-16-17-22-36(30(38)27(23-24(3)4)34-31(39)40-33(8,9)10)28(29(37)35-32(5,6)7)26-20-18-25(12-2)19-21-26/h18-21,24,27-28H,11-17,22-23H2,1-10H3,(H,34,39)(H,35,37). The summed E-state index contributed by atoms with van der Waals surface area (Å²) in [6, 6.07) is 6.31. The molecule has 7 heteroatoms. The topological polar surface area (TPSA) is 87.7 Å². The average molecular weight is 560 g/mol. The van der Waals surface area contributed by atoms with Gasteiger partial charge in [-0.05, 0) is 77.8 Å². The molecule has 0 aliphatic carbocycles. The van der Waals surface area contributed by atoms with Gasteiger partial charge in [-0.15, -0.1) is 0 Å². The van der Waals surface area contributed by atoms with Crippen molar-refractivity contribution >= 4 is 17.9 Å². The lowest BCUT2D eigenvalue weighted by Gasteiger charge is -2.36. The third-order valence-electron chi connectivity index (χ3n) is 6.49. The summed E-state index contributed by atoms with van der Waals surface area (Å²) in [6.45, 7) is 19.9. The first-order chi connectivity index (χ1) is 18.6. The van der Waals surface area contributed by atoms with Crippen molar-refractivity contribution < 1.29 is 19.1 Å². The fourth-order valence-electron chi connectivity index (χ4n) is 4.62. The molecule has 1 rings (SSSR count). The number of unbranched alkanes of at least 4 members (excludes halogenated alkanes) is 5. The van der Waals surface area contributed by atoms with E-state index in [2.05, 4.69) is 24.5 Å². The molecule has 0 saturated heterocycles. The fraction of sp³-hybridized carbons (Fsp3) is 0.727. The number of amides is 3. The van der Waals surface area contributed by atoms with Gasteiger partial charge in [-0.3, -0.25) is 9.59 Å². The van der Waals surface area contributed by atoms with Gasteiger partial charge in [0.05, 0.1) is 0 Å². The zero-order valence-electron chi connectivity index (χ0n) is 27.0. The second-order valence-corrected chi connectivity index (χ2v) is 13.4. The number of rotatable bonds is 15. The van der Waals surface area contributed by atoms with E-state index in [-0.39, 0.29) is 17.7 Å². The van der Waals surface area contributed by atoms with E-state index < -0.39 is 29.3 Å². The first-order valence-electron chi connectivity index (χ1n) is 15.3. The summed E-state index contributed by atoms with van der Waals surface area (Å²) in [7, 11) is 0. The number of benzene rings is 1. The zero-order valence-corrected chi connectivity index (χ0v) is 27.0. The van der Waals surface area contributed by atoms with Gasteiger partial charge in [0, 0.05) is 12.1 Å². The van der Waals surface area contributed by atoms with Gasteiger partial charge in [0.1, 0.15) is 17.7 Å². The Bertz CT molecular complexity index is 913. The molecule has 0 aromatic heterocycles. The van der Waals surface area contributed by atoms with Crippen molar-refractivity contribution in [3.8, 4) is 0 Å². The number of nitrogens with zero attached hydrogens (tertiary/aromatic N) is 1. The van der Waals surface area contributed by atoms with Gasteiger partial charge in [-0.2, -0.15) is 0 Å². The van der Waals surface area contributed by atoms with Crippen molar-refractivity contribution in [2.45, 2.75) is 144 Å². The summed E-state index contributed by atoms with van der Waals surface area (Å²) in [5.74, 6) is -0.344. The number of aryl methyl sites for hydroxylation is 1. The second-order valence-electron chi connectivity index (χ2n) is 13.4. The normalized spacial score (nSPS) is 13.5. The fourth-order valence-corrected chi connectivity index (χ4v) is 4.62. The number of alkyl carbamates (subject to hydrolysis) is 1. The smallest absolute Gasteiger partial charge is 0.408 e. The molecule has 0 saturated carbocycles. The number of carbonyl (C=O) groups excluding carboxylic acids is 3. The monoisotopic (exact) mass is 559 g/mol. The van der Waals surface area contributed by atoms with E-state index in [1.807, 2.05) is 58.9 Å². The molecule has 0 heterocycles. The Balaban J connectivity index is 3.49. The van der Waals surface area contributed by atoms with Gasteiger partial charge in [0.25, 0.3) is 0 Å². The van der Waals surface area contributed by atoms with Crippen LogP contribution in [0.2, 0.25) is 0 Å². The van der Waals surface area contributed by atoms with Gasteiger partial charge in [-0.1, -0.05) is 84.1 Å². The molecule has 3 amide bonds. The lowest BCUT2D eigenvalue weighted by Crippen LogP contribution is -2.55. The van der Waals surface area contributed by atoms with Crippen molar-refractivity contribution in [1.29, 1.82) is 0 Å². The number of carbonyl (C=O) groups is 3. The first kappa shape index (κ1) is 35.5. The number of ether oxygens (including phenoxy) is 1. The SMILES string of the molecule is CCCCCCCCN(C(=O)C(CC(C)C)NC(=O)OC(C)(C)C)C(C(=O)NC(C)(C)C)c1ccc(CC)cc1. The molecule has 0 spiro atoms. The summed E-state index contributed by atoms with van der Waals surface area (Å²) in [6.07, 6.45) is 7.05. The Kier molecular flexibility index (Phi) is 14.7. The van der Waals surface area contributed by atoms with E-state index in [0.29, 0.717) is 13.0 Å². The molecule has 2 N–H and O–H groups in total. The third-order valence-corrected chi connectivity index (χ3v) is 6.49. The quantitative estimate of drug-likeness (QED) is 0.220. The second kappa shape index (κ2) is 16.6. The van der Waals surface area contributed by atoms with E-state index in [1.165, 1.54) is 12.8 Å². The minimum Gasteiger partial charge on any atom is -0.444 e. The highest BCUT2D eigenvalue weighted by atomic mass is 16.6. The Morgan fingerprint density at radius 1 is 0.875 bits per heavy atom. The molecular formula is C33H57N3O4. The van der Waals surface area contributed by atoms with Crippen LogP contribution in [0.15, 0.2) is 24.3 Å². The lowest BCUT2D eigenvalue weighted by atomic mass is 9.97. The highest BCUT2D eigenvalue weighted by Gasteiger charge is 2.37. The molecule has 0 bridgehead atoms. The molecule has 2 unspecified atom stereocenters. The zero-order chi connectivity index (χ0) is 30.5. The summed E-state index contributed by atoms with van der Waals surface area (Å²) in [5.41, 5.74) is 0.763. The van der Waals surface area contributed by atoms with Crippen LogP contribution in [0.25, 0.3) is 0 Å². The molecule has 0 aliphatic heterocycles. The number of hydrogen-bond acceptors (Lipinski definition) is 4. The maximum atomic E-state index is 14.3. The molecule has 2 atom stereocenters. The van der Waals surface area contributed by atoms with E-state index >= 15 is 0 Å². The van der Waals surface area contributed by atoms with Gasteiger partial charge in [0.15, 0.2) is 0 Å². The van der Waals surface area contributed by atoms with Crippen molar-refractivity contribution in [1.82, 2.24) is 15.5 Å². The Hall–Kier alpha value is -2.57. The minimum absolute atomic E-state index is 0.144. The summed E-state index contributed by atoms with van der Waals surface area (Å²) < 4.78 is 5.50. The summed E-state index contributed by atoms with van der Waals surface area (Å²) in [5, 5.41) is 5.94. The van der Waals surface area contributed by atoms with Crippen molar-refractivity contribution in [3.63, 3.8) is 0 Å². The summed E-state index contributed by atoms with van der Waals surface area (Å²) >= 11 is 0. The molecule has 0 aliphatic rings. The predicted molar refractivity (Wildman–Crippen MR) is 164 cm³/mol. The van der Waals surface area contributed by atoms with Crippen LogP contribution in [0.4, 0.5) is 4.79 Å². The Labute approximate surface area is 244 Å². The van der Waals surface area contributed by atoms with Crippen LogP contribution >= 0.6 is 0 Å². The average Bonchev–Trinajstić information content (AvgIpc) is 2.82. The Morgan fingerprint density at radius 3 is 1.95 bits per heavy atom. The Morgan fingerprint density at radius 2 is 1.45 bits per heavy atom. The van der Waals surface area contributed by atoms with Crippen LogP contribution in [0.3, 0.4) is 0 Å². The molecule has 1 aromatic rings. The third kappa shape index (κ3) is 13.7. The van der Waals surface area contributed by atoms with Gasteiger partial charge >= 0.3 is 6.09 Å². The van der Waals surface area contributed by atoms with Crippen LogP contribution in [-0.2, 0) is 20.7 Å². The van der Waals surface area contributed by atoms with E-state index in [9.17, 15) is 14.4 Å². The molecule has 1 aromatic carbocycles. The van der Waals surface area contributed by atoms with Crippen LogP contribution in [0, 0.1) is 5.92 Å². The van der Waals surface area contributed by atoms with Crippen LogP contribution in [0.1, 0.15) is 131 Å². The largest absolute Gasteiger partial charge is 0.444 e. The molecule has 7 nitrogen and oxygen atoms in total. The summed E-state index contributed by atoms with van der Waals surface area (Å²) in [4.78, 5) is 42.7. The number of nitrogens with one attached hydrogen (secondary N) is 2. The molecule has 40 heavy (non-hydrogen) atoms. The molecular weight excluding hydrogens is 502 g/mol. The first-order valence-corrected chi connectivity index (χ1v) is 15.3. The minimum atomic E-state index is -0.816. The van der Waals surface area contributed by atoms with Crippen LogP contribution in [-0.4, -0.2) is 46.5 Å². The molecule has 0 radical (unpaired) electrons. The number of hydrogen-bond donors (Lipinski definition) is 2. The van der Waals surface area contributed by atoms with Crippen LogP contribution < -0.4 is 10.6 Å². The van der Waals surface area contributed by atoms with Crippen molar-refractivity contribution in [2.24, 2.45) is 5.92 Å².